The van der Waals surface area contributed by atoms with Crippen molar-refractivity contribution in [2.24, 2.45) is 0 Å². The molecule has 1 saturated carbocycles. The standard InChI is InChI=1S/C28H38ClN3O4S/c1-20-11-14-23(15-12-20)19-31(22(3)28(34)30-25-8-5-6-9-25)27(33)10-7-17-32(37(4,35)36)26-18-24(29)16-13-21(26)2/h11-16,18,22,25H,5-10,17,19H2,1-4H3,(H,30,34)/t22-/m1/s1. The van der Waals surface area contributed by atoms with Gasteiger partial charge in [0.15, 0.2) is 0 Å². The first-order chi connectivity index (χ1) is 17.5. The van der Waals surface area contributed by atoms with Gasteiger partial charge in [0.25, 0.3) is 0 Å². The van der Waals surface area contributed by atoms with E-state index >= 15 is 0 Å². The highest BCUT2D eigenvalue weighted by atomic mass is 35.5. The molecular weight excluding hydrogens is 510 g/mol. The monoisotopic (exact) mass is 547 g/mol. The first kappa shape index (κ1) is 29.0. The average molecular weight is 548 g/mol. The third-order valence-electron chi connectivity index (χ3n) is 6.93. The molecule has 1 fully saturated rings. The molecule has 0 heterocycles. The summed E-state index contributed by atoms with van der Waals surface area (Å²) >= 11 is 6.13. The summed E-state index contributed by atoms with van der Waals surface area (Å²) in [4.78, 5) is 28.1. The van der Waals surface area contributed by atoms with Gasteiger partial charge in [-0.3, -0.25) is 13.9 Å². The summed E-state index contributed by atoms with van der Waals surface area (Å²) in [5.74, 6) is -0.342. The third-order valence-corrected chi connectivity index (χ3v) is 8.35. The molecule has 0 aromatic heterocycles. The number of carbonyl (C=O) groups excluding carboxylic acids is 2. The Kier molecular flexibility index (Phi) is 10.0. The van der Waals surface area contributed by atoms with Crippen molar-refractivity contribution in [2.75, 3.05) is 17.1 Å². The van der Waals surface area contributed by atoms with Gasteiger partial charge in [0.1, 0.15) is 6.04 Å². The van der Waals surface area contributed by atoms with Gasteiger partial charge in [0, 0.05) is 30.6 Å². The van der Waals surface area contributed by atoms with Crippen molar-refractivity contribution in [3.8, 4) is 0 Å². The molecule has 2 aromatic rings. The molecule has 1 atom stereocenters. The lowest BCUT2D eigenvalue weighted by Crippen LogP contribution is -2.49. The zero-order valence-electron chi connectivity index (χ0n) is 22.2. The fourth-order valence-corrected chi connectivity index (χ4v) is 5.88. The normalized spacial score (nSPS) is 14.8. The van der Waals surface area contributed by atoms with E-state index in [2.05, 4.69) is 5.32 Å². The van der Waals surface area contributed by atoms with Gasteiger partial charge in [0.05, 0.1) is 11.9 Å². The number of sulfonamides is 1. The molecule has 0 unspecified atom stereocenters. The minimum absolute atomic E-state index is 0.110. The van der Waals surface area contributed by atoms with Crippen LogP contribution in [0.4, 0.5) is 5.69 Å². The van der Waals surface area contributed by atoms with Crippen molar-refractivity contribution in [3.05, 3.63) is 64.2 Å². The van der Waals surface area contributed by atoms with Crippen LogP contribution in [0.25, 0.3) is 0 Å². The van der Waals surface area contributed by atoms with E-state index in [9.17, 15) is 18.0 Å². The van der Waals surface area contributed by atoms with Crippen LogP contribution in [-0.2, 0) is 26.2 Å². The van der Waals surface area contributed by atoms with Crippen LogP contribution in [0.3, 0.4) is 0 Å². The second-order valence-corrected chi connectivity index (χ2v) is 12.4. The Balaban J connectivity index is 1.73. The molecule has 7 nitrogen and oxygen atoms in total. The quantitative estimate of drug-likeness (QED) is 0.430. The van der Waals surface area contributed by atoms with Crippen LogP contribution < -0.4 is 9.62 Å². The molecule has 0 saturated heterocycles. The van der Waals surface area contributed by atoms with Gasteiger partial charge in [0.2, 0.25) is 21.8 Å². The zero-order chi connectivity index (χ0) is 27.2. The van der Waals surface area contributed by atoms with Crippen molar-refractivity contribution < 1.29 is 18.0 Å². The van der Waals surface area contributed by atoms with Gasteiger partial charge in [-0.2, -0.15) is 0 Å². The summed E-state index contributed by atoms with van der Waals surface area (Å²) in [7, 11) is -3.59. The molecule has 9 heteroatoms. The summed E-state index contributed by atoms with van der Waals surface area (Å²) in [6, 6.07) is 12.5. The number of nitrogens with one attached hydrogen (secondary N) is 1. The molecule has 202 valence electrons. The molecule has 0 bridgehead atoms. The second-order valence-electron chi connectivity index (χ2n) is 10.0. The Bertz CT molecular complexity index is 1190. The second kappa shape index (κ2) is 12.8. The smallest absolute Gasteiger partial charge is 0.242 e. The number of nitrogens with zero attached hydrogens (tertiary/aromatic N) is 2. The Morgan fingerprint density at radius 3 is 2.35 bits per heavy atom. The summed E-state index contributed by atoms with van der Waals surface area (Å²) in [5.41, 5.74) is 3.33. The summed E-state index contributed by atoms with van der Waals surface area (Å²) in [6.45, 7) is 6.02. The Morgan fingerprint density at radius 2 is 1.73 bits per heavy atom. The summed E-state index contributed by atoms with van der Waals surface area (Å²) in [6.07, 6.45) is 5.71. The number of halogens is 1. The van der Waals surface area contributed by atoms with Crippen LogP contribution in [0.5, 0.6) is 0 Å². The highest BCUT2D eigenvalue weighted by Gasteiger charge is 2.29. The number of amides is 2. The largest absolute Gasteiger partial charge is 0.352 e. The predicted octanol–water partition coefficient (Wildman–Crippen LogP) is 4.98. The van der Waals surface area contributed by atoms with E-state index in [0.717, 1.165) is 48.6 Å². The van der Waals surface area contributed by atoms with Crippen molar-refractivity contribution in [1.29, 1.82) is 0 Å². The van der Waals surface area contributed by atoms with Crippen LogP contribution in [0, 0.1) is 13.8 Å². The number of carbonyl (C=O) groups is 2. The number of rotatable bonds is 11. The van der Waals surface area contributed by atoms with Gasteiger partial charge in [-0.05, 0) is 63.3 Å². The maximum absolute atomic E-state index is 13.4. The average Bonchev–Trinajstić information content (AvgIpc) is 3.35. The number of hydrogen-bond donors (Lipinski definition) is 1. The molecule has 0 spiro atoms. The van der Waals surface area contributed by atoms with Crippen molar-refractivity contribution in [2.45, 2.75) is 77.9 Å². The number of benzene rings is 2. The van der Waals surface area contributed by atoms with E-state index in [4.69, 9.17) is 11.6 Å². The summed E-state index contributed by atoms with van der Waals surface area (Å²) in [5, 5.41) is 3.54. The van der Waals surface area contributed by atoms with E-state index in [-0.39, 0.29) is 30.8 Å². The minimum Gasteiger partial charge on any atom is -0.352 e. The van der Waals surface area contributed by atoms with Gasteiger partial charge < -0.3 is 10.2 Å². The van der Waals surface area contributed by atoms with Crippen LogP contribution in [-0.4, -0.2) is 50.0 Å². The topological polar surface area (TPSA) is 86.8 Å². The van der Waals surface area contributed by atoms with Gasteiger partial charge in [-0.1, -0.05) is 60.3 Å². The van der Waals surface area contributed by atoms with Gasteiger partial charge in [-0.25, -0.2) is 8.42 Å². The minimum atomic E-state index is -3.59. The highest BCUT2D eigenvalue weighted by Crippen LogP contribution is 2.27. The molecule has 0 radical (unpaired) electrons. The molecule has 0 aliphatic heterocycles. The maximum atomic E-state index is 13.4. The van der Waals surface area contributed by atoms with Crippen molar-refractivity contribution in [3.63, 3.8) is 0 Å². The van der Waals surface area contributed by atoms with E-state index in [1.807, 2.05) is 38.1 Å². The Morgan fingerprint density at radius 1 is 1.08 bits per heavy atom. The highest BCUT2D eigenvalue weighted by molar-refractivity contribution is 7.92. The first-order valence-electron chi connectivity index (χ1n) is 12.8. The molecule has 2 amide bonds. The molecule has 37 heavy (non-hydrogen) atoms. The number of hydrogen-bond acceptors (Lipinski definition) is 4. The molecule has 1 aliphatic carbocycles. The third kappa shape index (κ3) is 8.20. The SMILES string of the molecule is Cc1ccc(CN(C(=O)CCCN(c2cc(Cl)ccc2C)S(C)(=O)=O)[C@H](C)C(=O)NC2CCCC2)cc1. The molecule has 1 N–H and O–H groups in total. The van der Waals surface area contributed by atoms with Crippen LogP contribution in [0.1, 0.15) is 62.1 Å². The van der Waals surface area contributed by atoms with Crippen LogP contribution >= 0.6 is 11.6 Å². The van der Waals surface area contributed by atoms with Crippen molar-refractivity contribution in [1.82, 2.24) is 10.2 Å². The maximum Gasteiger partial charge on any atom is 0.242 e. The Hall–Kier alpha value is -2.58. The number of aryl methyl sites for hydroxylation is 2. The van der Waals surface area contributed by atoms with E-state index in [0.29, 0.717) is 23.7 Å². The van der Waals surface area contributed by atoms with E-state index < -0.39 is 16.1 Å². The van der Waals surface area contributed by atoms with E-state index in [1.165, 1.54) is 4.31 Å². The summed E-state index contributed by atoms with van der Waals surface area (Å²) < 4.78 is 26.4. The fourth-order valence-electron chi connectivity index (χ4n) is 4.70. The zero-order valence-corrected chi connectivity index (χ0v) is 23.7. The lowest BCUT2D eigenvalue weighted by Gasteiger charge is -2.30. The lowest BCUT2D eigenvalue weighted by molar-refractivity contribution is -0.141. The van der Waals surface area contributed by atoms with Crippen molar-refractivity contribution >= 4 is 39.1 Å². The lowest BCUT2D eigenvalue weighted by atomic mass is 10.1. The first-order valence-corrected chi connectivity index (χ1v) is 15.1. The van der Waals surface area contributed by atoms with Crippen LogP contribution in [0.15, 0.2) is 42.5 Å². The Labute approximate surface area is 226 Å². The van der Waals surface area contributed by atoms with E-state index in [1.54, 1.807) is 30.0 Å². The van der Waals surface area contributed by atoms with Gasteiger partial charge in [-0.15, -0.1) is 0 Å². The van der Waals surface area contributed by atoms with Gasteiger partial charge >= 0.3 is 0 Å². The molecule has 2 aromatic carbocycles. The van der Waals surface area contributed by atoms with Crippen LogP contribution in [0.2, 0.25) is 5.02 Å². The molecule has 1 aliphatic rings. The molecular formula is C28H38ClN3O4S. The predicted molar refractivity (Wildman–Crippen MR) is 149 cm³/mol. The number of anilines is 1. The molecule has 3 rings (SSSR count). The fraction of sp³-hybridized carbons (Fsp3) is 0.500.